The topological polar surface area (TPSA) is 0 Å². The number of hydrogen-bond acceptors (Lipinski definition) is 0. The summed E-state index contributed by atoms with van der Waals surface area (Å²) < 4.78 is 0. The number of fused-ring (bicyclic) bond motifs is 6. The van der Waals surface area contributed by atoms with Crippen LogP contribution < -0.4 is 0 Å². The van der Waals surface area contributed by atoms with Gasteiger partial charge in [-0.1, -0.05) is 147 Å². The van der Waals surface area contributed by atoms with Crippen LogP contribution in [-0.2, 0) is 10.8 Å². The molecule has 0 aliphatic heterocycles. The van der Waals surface area contributed by atoms with Gasteiger partial charge in [0.05, 0.1) is 5.41 Å². The molecule has 8 rings (SSSR count). The third-order valence-corrected chi connectivity index (χ3v) is 10.1. The Kier molecular flexibility index (Phi) is 5.32. The summed E-state index contributed by atoms with van der Waals surface area (Å²) in [4.78, 5) is 0. The van der Waals surface area contributed by atoms with E-state index in [1.807, 2.05) is 0 Å². The van der Waals surface area contributed by atoms with Crippen LogP contribution in [0.1, 0.15) is 58.4 Å². The Hall–Kier alpha value is -4.68. The molecule has 0 heteroatoms. The third kappa shape index (κ3) is 3.13. The standard InChI is InChI=1S/C42H34/c1-27-23-25-36-40(32-19-11-13-21-34(32)41(36,3)4)38(27)31-24-26-37-39(28(31)2)33-20-12-14-22-35(33)42(37,29-15-7-5-8-16-29)30-17-9-6-10-18-30/h5-26H,1-4H3. The molecule has 0 atom stereocenters. The first-order valence-corrected chi connectivity index (χ1v) is 15.0. The second-order valence-electron chi connectivity index (χ2n) is 12.5. The summed E-state index contributed by atoms with van der Waals surface area (Å²) in [6.07, 6.45) is 0. The molecular weight excluding hydrogens is 504 g/mol. The fourth-order valence-corrected chi connectivity index (χ4v) is 8.23. The van der Waals surface area contributed by atoms with Gasteiger partial charge in [0.25, 0.3) is 0 Å². The SMILES string of the molecule is Cc1ccc2c(c1-c1ccc3c(c1C)-c1ccccc1C3(c1ccccc1)c1ccccc1)-c1ccccc1C2(C)C. The first-order chi connectivity index (χ1) is 20.5. The van der Waals surface area contributed by atoms with E-state index in [0.29, 0.717) is 0 Å². The van der Waals surface area contributed by atoms with Crippen LogP contribution in [0.2, 0.25) is 0 Å². The van der Waals surface area contributed by atoms with Crippen molar-refractivity contribution in [1.29, 1.82) is 0 Å². The summed E-state index contributed by atoms with van der Waals surface area (Å²) >= 11 is 0. The van der Waals surface area contributed by atoms with Crippen molar-refractivity contribution >= 4 is 0 Å². The minimum atomic E-state index is -0.375. The molecule has 0 spiro atoms. The Balaban J connectivity index is 1.47. The highest BCUT2D eigenvalue weighted by molar-refractivity contribution is 5.98. The molecule has 0 unspecified atom stereocenters. The molecule has 0 heterocycles. The average molecular weight is 539 g/mol. The quantitative estimate of drug-likeness (QED) is 0.210. The summed E-state index contributed by atoms with van der Waals surface area (Å²) in [5, 5.41) is 0. The molecule has 202 valence electrons. The predicted octanol–water partition coefficient (Wildman–Crippen LogP) is 10.6. The molecular formula is C42H34. The summed E-state index contributed by atoms with van der Waals surface area (Å²) in [6, 6.07) is 49.8. The minimum absolute atomic E-state index is 0.0264. The highest BCUT2D eigenvalue weighted by Crippen LogP contribution is 2.59. The molecule has 42 heavy (non-hydrogen) atoms. The first-order valence-electron chi connectivity index (χ1n) is 15.0. The van der Waals surface area contributed by atoms with Crippen LogP contribution in [0.15, 0.2) is 133 Å². The molecule has 6 aromatic rings. The minimum Gasteiger partial charge on any atom is -0.0622 e. The van der Waals surface area contributed by atoms with Crippen molar-refractivity contribution in [1.82, 2.24) is 0 Å². The Morgan fingerprint density at radius 2 is 0.905 bits per heavy atom. The van der Waals surface area contributed by atoms with Gasteiger partial charge >= 0.3 is 0 Å². The number of benzene rings is 6. The van der Waals surface area contributed by atoms with Crippen molar-refractivity contribution in [2.75, 3.05) is 0 Å². The Labute approximate surface area is 249 Å². The summed E-state index contributed by atoms with van der Waals surface area (Å²) in [5.41, 5.74) is 18.7. The van der Waals surface area contributed by atoms with E-state index in [1.165, 1.54) is 77.9 Å². The zero-order valence-electron chi connectivity index (χ0n) is 24.7. The zero-order valence-corrected chi connectivity index (χ0v) is 24.7. The van der Waals surface area contributed by atoms with E-state index in [9.17, 15) is 0 Å². The lowest BCUT2D eigenvalue weighted by atomic mass is 9.67. The van der Waals surface area contributed by atoms with E-state index >= 15 is 0 Å². The van der Waals surface area contributed by atoms with Crippen LogP contribution in [0.4, 0.5) is 0 Å². The Morgan fingerprint density at radius 3 is 1.55 bits per heavy atom. The van der Waals surface area contributed by atoms with Crippen molar-refractivity contribution in [3.63, 3.8) is 0 Å². The lowest BCUT2D eigenvalue weighted by Crippen LogP contribution is -2.28. The third-order valence-electron chi connectivity index (χ3n) is 10.1. The number of hydrogen-bond donors (Lipinski definition) is 0. The maximum Gasteiger partial charge on any atom is 0.0713 e. The van der Waals surface area contributed by atoms with Crippen LogP contribution in [0, 0.1) is 13.8 Å². The summed E-state index contributed by atoms with van der Waals surface area (Å²) in [7, 11) is 0. The van der Waals surface area contributed by atoms with Gasteiger partial charge in [0.15, 0.2) is 0 Å². The van der Waals surface area contributed by atoms with E-state index < -0.39 is 0 Å². The molecule has 0 aromatic heterocycles. The molecule has 0 N–H and O–H groups in total. The molecule has 0 bridgehead atoms. The first kappa shape index (κ1) is 25.1. The van der Waals surface area contributed by atoms with E-state index in [1.54, 1.807) is 0 Å². The molecule has 0 radical (unpaired) electrons. The van der Waals surface area contributed by atoms with Gasteiger partial charge in [0, 0.05) is 5.41 Å². The van der Waals surface area contributed by atoms with Crippen molar-refractivity contribution in [2.45, 2.75) is 38.5 Å². The van der Waals surface area contributed by atoms with Gasteiger partial charge in [0.1, 0.15) is 0 Å². The molecule has 0 nitrogen and oxygen atoms in total. The molecule has 2 aliphatic carbocycles. The van der Waals surface area contributed by atoms with Crippen LogP contribution in [0.3, 0.4) is 0 Å². The fourth-order valence-electron chi connectivity index (χ4n) is 8.23. The normalized spacial score (nSPS) is 15.0. The van der Waals surface area contributed by atoms with Gasteiger partial charge in [-0.3, -0.25) is 0 Å². The van der Waals surface area contributed by atoms with Gasteiger partial charge in [0.2, 0.25) is 0 Å². The van der Waals surface area contributed by atoms with Crippen molar-refractivity contribution < 1.29 is 0 Å². The van der Waals surface area contributed by atoms with Crippen molar-refractivity contribution in [3.8, 4) is 33.4 Å². The van der Waals surface area contributed by atoms with Gasteiger partial charge in [-0.2, -0.15) is 0 Å². The molecule has 0 saturated carbocycles. The van der Waals surface area contributed by atoms with Crippen LogP contribution >= 0.6 is 0 Å². The molecule has 2 aliphatic rings. The fraction of sp³-hybridized carbons (Fsp3) is 0.143. The van der Waals surface area contributed by atoms with E-state index in [0.717, 1.165) is 0 Å². The lowest BCUT2D eigenvalue weighted by Gasteiger charge is -2.34. The number of aryl methyl sites for hydroxylation is 1. The molecule has 0 amide bonds. The van der Waals surface area contributed by atoms with E-state index in [4.69, 9.17) is 0 Å². The predicted molar refractivity (Wildman–Crippen MR) is 176 cm³/mol. The van der Waals surface area contributed by atoms with Gasteiger partial charge in [-0.15, -0.1) is 0 Å². The van der Waals surface area contributed by atoms with E-state index in [-0.39, 0.29) is 10.8 Å². The average Bonchev–Trinajstić information content (AvgIpc) is 3.46. The molecule has 6 aromatic carbocycles. The smallest absolute Gasteiger partial charge is 0.0622 e. The second-order valence-corrected chi connectivity index (χ2v) is 12.5. The van der Waals surface area contributed by atoms with Crippen LogP contribution in [0.5, 0.6) is 0 Å². The highest BCUT2D eigenvalue weighted by atomic mass is 14.5. The van der Waals surface area contributed by atoms with Crippen molar-refractivity contribution in [2.24, 2.45) is 0 Å². The molecule has 0 saturated heterocycles. The van der Waals surface area contributed by atoms with Gasteiger partial charge in [-0.05, 0) is 91.7 Å². The highest BCUT2D eigenvalue weighted by Gasteiger charge is 2.47. The largest absolute Gasteiger partial charge is 0.0713 e. The van der Waals surface area contributed by atoms with Crippen LogP contribution in [0.25, 0.3) is 33.4 Å². The maximum atomic E-state index is 2.43. The number of rotatable bonds is 3. The molecule has 0 fully saturated rings. The summed E-state index contributed by atoms with van der Waals surface area (Å²) in [5.74, 6) is 0. The lowest BCUT2D eigenvalue weighted by molar-refractivity contribution is 0.660. The maximum absolute atomic E-state index is 2.43. The Morgan fingerprint density at radius 1 is 0.381 bits per heavy atom. The monoisotopic (exact) mass is 538 g/mol. The van der Waals surface area contributed by atoms with Crippen LogP contribution in [-0.4, -0.2) is 0 Å². The van der Waals surface area contributed by atoms with Crippen molar-refractivity contribution in [3.05, 3.63) is 178 Å². The second kappa shape index (κ2) is 8.91. The van der Waals surface area contributed by atoms with E-state index in [2.05, 4.69) is 161 Å². The summed E-state index contributed by atoms with van der Waals surface area (Å²) in [6.45, 7) is 9.37. The van der Waals surface area contributed by atoms with Gasteiger partial charge < -0.3 is 0 Å². The Bertz CT molecular complexity index is 1970. The van der Waals surface area contributed by atoms with Gasteiger partial charge in [-0.25, -0.2) is 0 Å². The zero-order chi connectivity index (χ0) is 28.6.